The number of anilines is 1. The molecule has 0 saturated heterocycles. The van der Waals surface area contributed by atoms with Crippen molar-refractivity contribution in [2.24, 2.45) is 0 Å². The van der Waals surface area contributed by atoms with E-state index in [0.717, 1.165) is 23.4 Å². The number of carbonyl (C=O) groups excluding carboxylic acids is 1. The Labute approximate surface area is 147 Å². The number of likely N-dealkylation sites (N-methyl/N-ethyl adjacent to an activating group) is 1. The van der Waals surface area contributed by atoms with E-state index in [1.807, 2.05) is 62.3 Å². The molecule has 0 unspecified atom stereocenters. The molecule has 0 aromatic heterocycles. The molecule has 0 radical (unpaired) electrons. The van der Waals surface area contributed by atoms with Gasteiger partial charge in [0, 0.05) is 31.9 Å². The summed E-state index contributed by atoms with van der Waals surface area (Å²) in [7, 11) is 7.80. The molecule has 134 valence electrons. The van der Waals surface area contributed by atoms with Gasteiger partial charge in [-0.2, -0.15) is 0 Å². The lowest BCUT2D eigenvalue weighted by Crippen LogP contribution is -2.34. The number of carbonyl (C=O) groups is 1. The first-order valence-corrected chi connectivity index (χ1v) is 7.96. The Balaban J connectivity index is 2.08. The van der Waals surface area contributed by atoms with E-state index in [0.29, 0.717) is 6.54 Å². The monoisotopic (exact) mass is 347 g/mol. The summed E-state index contributed by atoms with van der Waals surface area (Å²) in [5.74, 6) is -2.43. The molecule has 4 nitrogen and oxygen atoms in total. The fraction of sp³-hybridized carbons (Fsp3) is 0.316. The van der Waals surface area contributed by atoms with Crippen LogP contribution in [-0.2, 0) is 0 Å². The maximum atomic E-state index is 13.3. The first kappa shape index (κ1) is 18.9. The second-order valence-corrected chi connectivity index (χ2v) is 6.30. The highest BCUT2D eigenvalue weighted by Crippen LogP contribution is 2.21. The van der Waals surface area contributed by atoms with Crippen molar-refractivity contribution in [2.45, 2.75) is 6.04 Å². The maximum absolute atomic E-state index is 13.3. The third-order valence-electron chi connectivity index (χ3n) is 4.06. The molecule has 0 saturated carbocycles. The SMILES string of the molecule is CN(C)c1ccc([C@H](CNC(=O)c2ccc(F)c(F)c2)N(C)C)cc1. The Morgan fingerprint density at radius 1 is 1.00 bits per heavy atom. The number of halogens is 2. The summed E-state index contributed by atoms with van der Waals surface area (Å²) in [6.07, 6.45) is 0. The minimum absolute atomic E-state index is 0.0366. The zero-order valence-electron chi connectivity index (χ0n) is 14.9. The van der Waals surface area contributed by atoms with Crippen LogP contribution in [0.25, 0.3) is 0 Å². The summed E-state index contributed by atoms with van der Waals surface area (Å²) in [4.78, 5) is 16.2. The molecule has 0 bridgehead atoms. The molecule has 1 N–H and O–H groups in total. The molecule has 2 aromatic carbocycles. The maximum Gasteiger partial charge on any atom is 0.251 e. The van der Waals surface area contributed by atoms with Crippen LogP contribution >= 0.6 is 0 Å². The minimum atomic E-state index is -1.03. The fourth-order valence-electron chi connectivity index (χ4n) is 2.52. The molecule has 2 rings (SSSR count). The second kappa shape index (κ2) is 8.07. The van der Waals surface area contributed by atoms with E-state index in [1.165, 1.54) is 6.07 Å². The summed E-state index contributed by atoms with van der Waals surface area (Å²) in [6, 6.07) is 11.2. The average Bonchev–Trinajstić information content (AvgIpc) is 2.57. The van der Waals surface area contributed by atoms with Gasteiger partial charge in [-0.25, -0.2) is 8.78 Å². The van der Waals surface area contributed by atoms with E-state index in [9.17, 15) is 13.6 Å². The molecule has 0 aliphatic carbocycles. The van der Waals surface area contributed by atoms with Gasteiger partial charge in [0.15, 0.2) is 11.6 Å². The number of hydrogen-bond donors (Lipinski definition) is 1. The molecule has 0 aliphatic rings. The predicted octanol–water partition coefficient (Wildman–Crippen LogP) is 3.06. The molecular weight excluding hydrogens is 324 g/mol. The topological polar surface area (TPSA) is 35.6 Å². The van der Waals surface area contributed by atoms with Crippen molar-refractivity contribution < 1.29 is 13.6 Å². The van der Waals surface area contributed by atoms with Crippen LogP contribution in [0.2, 0.25) is 0 Å². The highest BCUT2D eigenvalue weighted by molar-refractivity contribution is 5.94. The summed E-state index contributed by atoms with van der Waals surface area (Å²) >= 11 is 0. The summed E-state index contributed by atoms with van der Waals surface area (Å²) in [5.41, 5.74) is 2.24. The molecular formula is C19H23F2N3O. The molecule has 2 aromatic rings. The van der Waals surface area contributed by atoms with Gasteiger partial charge in [0.25, 0.3) is 5.91 Å². The van der Waals surface area contributed by atoms with Gasteiger partial charge in [0.2, 0.25) is 0 Å². The largest absolute Gasteiger partial charge is 0.378 e. The van der Waals surface area contributed by atoms with Gasteiger partial charge in [-0.15, -0.1) is 0 Å². The van der Waals surface area contributed by atoms with Gasteiger partial charge in [0.1, 0.15) is 0 Å². The first-order chi connectivity index (χ1) is 11.8. The van der Waals surface area contributed by atoms with E-state index in [-0.39, 0.29) is 11.6 Å². The molecule has 6 heteroatoms. The van der Waals surface area contributed by atoms with Crippen LogP contribution < -0.4 is 10.2 Å². The van der Waals surface area contributed by atoms with E-state index in [1.54, 1.807) is 0 Å². The van der Waals surface area contributed by atoms with Crippen molar-refractivity contribution >= 4 is 11.6 Å². The van der Waals surface area contributed by atoms with Crippen LogP contribution in [-0.4, -0.2) is 45.5 Å². The Morgan fingerprint density at radius 3 is 2.16 bits per heavy atom. The summed E-state index contributed by atoms with van der Waals surface area (Å²) in [5, 5.41) is 2.78. The molecule has 1 atom stereocenters. The first-order valence-electron chi connectivity index (χ1n) is 7.96. The van der Waals surface area contributed by atoms with Gasteiger partial charge in [0.05, 0.1) is 6.04 Å². The number of hydrogen-bond acceptors (Lipinski definition) is 3. The minimum Gasteiger partial charge on any atom is -0.378 e. The zero-order chi connectivity index (χ0) is 18.6. The second-order valence-electron chi connectivity index (χ2n) is 6.30. The smallest absolute Gasteiger partial charge is 0.251 e. The van der Waals surface area contributed by atoms with Crippen molar-refractivity contribution in [3.05, 3.63) is 65.2 Å². The average molecular weight is 347 g/mol. The van der Waals surface area contributed by atoms with Gasteiger partial charge < -0.3 is 15.1 Å². The van der Waals surface area contributed by atoms with E-state index >= 15 is 0 Å². The third-order valence-corrected chi connectivity index (χ3v) is 4.06. The lowest BCUT2D eigenvalue weighted by Gasteiger charge is -2.26. The Bertz CT molecular complexity index is 730. The Kier molecular flexibility index (Phi) is 6.09. The van der Waals surface area contributed by atoms with Crippen LogP contribution in [0.15, 0.2) is 42.5 Å². The number of rotatable bonds is 6. The van der Waals surface area contributed by atoms with Crippen molar-refractivity contribution in [1.82, 2.24) is 10.2 Å². The van der Waals surface area contributed by atoms with E-state index in [2.05, 4.69) is 5.32 Å². The summed E-state index contributed by atoms with van der Waals surface area (Å²) in [6.45, 7) is 0.353. The molecule has 0 spiro atoms. The zero-order valence-corrected chi connectivity index (χ0v) is 14.9. The molecule has 0 heterocycles. The normalized spacial score (nSPS) is 12.1. The highest BCUT2D eigenvalue weighted by Gasteiger charge is 2.17. The van der Waals surface area contributed by atoms with Gasteiger partial charge in [-0.05, 0) is 50.0 Å². The third kappa shape index (κ3) is 4.76. The Morgan fingerprint density at radius 2 is 1.64 bits per heavy atom. The lowest BCUT2D eigenvalue weighted by molar-refractivity contribution is 0.0941. The standard InChI is InChI=1S/C19H23F2N3O/c1-23(2)15-8-5-13(6-9-15)18(24(3)4)12-22-19(25)14-7-10-16(20)17(21)11-14/h5-11,18H,12H2,1-4H3,(H,22,25)/t18-/m0/s1. The number of benzene rings is 2. The van der Waals surface area contributed by atoms with Crippen LogP contribution in [0.1, 0.15) is 22.0 Å². The number of amides is 1. The van der Waals surface area contributed by atoms with Crippen molar-refractivity contribution in [3.63, 3.8) is 0 Å². The molecule has 25 heavy (non-hydrogen) atoms. The van der Waals surface area contributed by atoms with Gasteiger partial charge in [-0.1, -0.05) is 12.1 Å². The van der Waals surface area contributed by atoms with Crippen LogP contribution in [0.3, 0.4) is 0 Å². The van der Waals surface area contributed by atoms with Crippen LogP contribution in [0, 0.1) is 11.6 Å². The summed E-state index contributed by atoms with van der Waals surface area (Å²) < 4.78 is 26.2. The number of nitrogens with one attached hydrogen (secondary N) is 1. The van der Waals surface area contributed by atoms with E-state index in [4.69, 9.17) is 0 Å². The molecule has 1 amide bonds. The van der Waals surface area contributed by atoms with Crippen molar-refractivity contribution in [2.75, 3.05) is 39.6 Å². The quantitative estimate of drug-likeness (QED) is 0.872. The number of nitrogens with zero attached hydrogens (tertiary/aromatic N) is 2. The molecule has 0 fully saturated rings. The van der Waals surface area contributed by atoms with Gasteiger partial charge in [-0.3, -0.25) is 4.79 Å². The van der Waals surface area contributed by atoms with E-state index < -0.39 is 17.5 Å². The highest BCUT2D eigenvalue weighted by atomic mass is 19.2. The van der Waals surface area contributed by atoms with Crippen molar-refractivity contribution in [1.29, 1.82) is 0 Å². The van der Waals surface area contributed by atoms with Gasteiger partial charge >= 0.3 is 0 Å². The molecule has 0 aliphatic heterocycles. The predicted molar refractivity (Wildman–Crippen MR) is 95.9 cm³/mol. The lowest BCUT2D eigenvalue weighted by atomic mass is 10.0. The van der Waals surface area contributed by atoms with Crippen molar-refractivity contribution in [3.8, 4) is 0 Å². The van der Waals surface area contributed by atoms with Crippen LogP contribution in [0.5, 0.6) is 0 Å². The Hall–Kier alpha value is -2.47. The fourth-order valence-corrected chi connectivity index (χ4v) is 2.52. The van der Waals surface area contributed by atoms with Crippen LogP contribution in [0.4, 0.5) is 14.5 Å².